The summed E-state index contributed by atoms with van der Waals surface area (Å²) in [5, 5.41) is 21.4. The van der Waals surface area contributed by atoms with Crippen molar-refractivity contribution in [3.8, 4) is 22.8 Å². The molecule has 1 fully saturated rings. The summed E-state index contributed by atoms with van der Waals surface area (Å²) >= 11 is 0. The van der Waals surface area contributed by atoms with Crippen molar-refractivity contribution < 1.29 is 28.9 Å². The smallest absolute Gasteiger partial charge is 0.309 e. The SMILES string of the molecule is COC(=O)C(C)C(c1ccc(CCCC(O)c2ccc(-c3cc(OC)ncc3F)cc2)c(O)c1)C1CC1. The molecule has 0 bridgehead atoms. The summed E-state index contributed by atoms with van der Waals surface area (Å²) in [6.07, 6.45) is 4.43. The number of rotatable bonds is 11. The molecule has 0 spiro atoms. The number of hydrogen-bond acceptors (Lipinski definition) is 6. The van der Waals surface area contributed by atoms with Crippen LogP contribution in [0.25, 0.3) is 11.1 Å². The van der Waals surface area contributed by atoms with Gasteiger partial charge in [0.05, 0.1) is 32.4 Å². The van der Waals surface area contributed by atoms with Crippen LogP contribution < -0.4 is 4.74 Å². The summed E-state index contributed by atoms with van der Waals surface area (Å²) < 4.78 is 24.2. The number of carbonyl (C=O) groups is 1. The molecule has 0 radical (unpaired) electrons. The van der Waals surface area contributed by atoms with Gasteiger partial charge in [0.25, 0.3) is 0 Å². The lowest BCUT2D eigenvalue weighted by molar-refractivity contribution is -0.145. The zero-order valence-corrected chi connectivity index (χ0v) is 21.5. The van der Waals surface area contributed by atoms with E-state index >= 15 is 0 Å². The summed E-state index contributed by atoms with van der Waals surface area (Å²) in [5.41, 5.74) is 3.58. The van der Waals surface area contributed by atoms with Crippen LogP contribution in [0.2, 0.25) is 0 Å². The number of aliphatic hydroxyl groups excluding tert-OH is 1. The van der Waals surface area contributed by atoms with Crippen LogP contribution in [-0.4, -0.2) is 35.4 Å². The second-order valence-electron chi connectivity index (χ2n) is 9.80. The maximum Gasteiger partial charge on any atom is 0.309 e. The molecule has 37 heavy (non-hydrogen) atoms. The highest BCUT2D eigenvalue weighted by molar-refractivity contribution is 5.73. The summed E-state index contributed by atoms with van der Waals surface area (Å²) in [4.78, 5) is 16.0. The standard InChI is InChI=1S/C30H34FNO5/c1-18(30(35)37-3)29(22-12-13-22)23-14-11-20(27(34)15-23)5-4-6-26(33)21-9-7-19(8-10-21)24-16-28(36-2)32-17-25(24)31/h7-11,14-18,22,26,29,33-34H,4-6,12-13H2,1-3H3. The van der Waals surface area contributed by atoms with E-state index in [4.69, 9.17) is 9.47 Å². The van der Waals surface area contributed by atoms with E-state index in [0.717, 1.165) is 35.7 Å². The maximum absolute atomic E-state index is 14.2. The van der Waals surface area contributed by atoms with Gasteiger partial charge in [0.2, 0.25) is 5.88 Å². The van der Waals surface area contributed by atoms with Crippen LogP contribution in [0, 0.1) is 17.7 Å². The van der Waals surface area contributed by atoms with Crippen LogP contribution in [0.15, 0.2) is 54.7 Å². The van der Waals surface area contributed by atoms with Crippen molar-refractivity contribution in [3.63, 3.8) is 0 Å². The van der Waals surface area contributed by atoms with Crippen molar-refractivity contribution in [1.29, 1.82) is 0 Å². The molecule has 1 saturated carbocycles. The minimum Gasteiger partial charge on any atom is -0.508 e. The molecular weight excluding hydrogens is 473 g/mol. The van der Waals surface area contributed by atoms with Gasteiger partial charge in [-0.05, 0) is 72.3 Å². The first-order valence-corrected chi connectivity index (χ1v) is 12.7. The number of halogens is 1. The third kappa shape index (κ3) is 6.28. The molecule has 2 N–H and O–H groups in total. The van der Waals surface area contributed by atoms with Crippen molar-refractivity contribution in [1.82, 2.24) is 4.98 Å². The molecule has 1 aromatic heterocycles. The minimum atomic E-state index is -0.674. The number of benzene rings is 2. The number of hydrogen-bond donors (Lipinski definition) is 2. The summed E-state index contributed by atoms with van der Waals surface area (Å²) in [7, 11) is 2.89. The Morgan fingerprint density at radius 3 is 2.43 bits per heavy atom. The third-order valence-corrected chi connectivity index (χ3v) is 7.31. The highest BCUT2D eigenvalue weighted by Gasteiger charge is 2.39. The van der Waals surface area contributed by atoms with E-state index in [1.165, 1.54) is 14.2 Å². The Hall–Kier alpha value is -3.45. The molecule has 1 aliphatic carbocycles. The van der Waals surface area contributed by atoms with Crippen molar-refractivity contribution >= 4 is 5.97 Å². The van der Waals surface area contributed by atoms with E-state index in [9.17, 15) is 19.4 Å². The fraction of sp³-hybridized carbons (Fsp3) is 0.400. The normalized spacial score (nSPS) is 15.6. The molecule has 1 aliphatic rings. The van der Waals surface area contributed by atoms with Crippen LogP contribution in [-0.2, 0) is 16.0 Å². The number of aromatic hydroxyl groups is 1. The Morgan fingerprint density at radius 2 is 1.81 bits per heavy atom. The third-order valence-electron chi connectivity index (χ3n) is 7.31. The second kappa shape index (κ2) is 11.7. The molecule has 3 unspecified atom stereocenters. The molecule has 3 aromatic rings. The Morgan fingerprint density at radius 1 is 1.11 bits per heavy atom. The van der Waals surface area contributed by atoms with E-state index in [2.05, 4.69) is 4.98 Å². The van der Waals surface area contributed by atoms with E-state index in [1.54, 1.807) is 36.4 Å². The monoisotopic (exact) mass is 507 g/mol. The summed E-state index contributed by atoms with van der Waals surface area (Å²) in [6.45, 7) is 1.89. The zero-order valence-electron chi connectivity index (χ0n) is 21.5. The average Bonchev–Trinajstić information content (AvgIpc) is 3.75. The summed E-state index contributed by atoms with van der Waals surface area (Å²) in [6, 6.07) is 14.4. The van der Waals surface area contributed by atoms with Gasteiger partial charge in [0, 0.05) is 11.6 Å². The summed E-state index contributed by atoms with van der Waals surface area (Å²) in [5.74, 6) is 0.0983. The minimum absolute atomic E-state index is 0.0407. The largest absolute Gasteiger partial charge is 0.508 e. The molecule has 7 heteroatoms. The fourth-order valence-electron chi connectivity index (χ4n) is 5.05. The first-order valence-electron chi connectivity index (χ1n) is 12.7. The van der Waals surface area contributed by atoms with Crippen molar-refractivity contribution in [2.45, 2.75) is 51.0 Å². The number of nitrogens with zero attached hydrogens (tertiary/aromatic N) is 1. The molecule has 4 rings (SSSR count). The Labute approximate surface area is 217 Å². The Balaban J connectivity index is 1.36. The van der Waals surface area contributed by atoms with Gasteiger partial charge < -0.3 is 19.7 Å². The first-order chi connectivity index (χ1) is 17.8. The van der Waals surface area contributed by atoms with E-state index in [0.29, 0.717) is 42.2 Å². The number of ether oxygens (including phenoxy) is 2. The van der Waals surface area contributed by atoms with Crippen LogP contribution in [0.1, 0.15) is 61.3 Å². The van der Waals surface area contributed by atoms with Crippen molar-refractivity contribution in [2.24, 2.45) is 11.8 Å². The Kier molecular flexibility index (Phi) is 8.44. The lowest BCUT2D eigenvalue weighted by atomic mass is 9.82. The molecule has 0 saturated heterocycles. The first kappa shape index (κ1) is 26.6. The van der Waals surface area contributed by atoms with E-state index in [1.807, 2.05) is 19.1 Å². The number of phenolic OH excluding ortho intramolecular Hbond substituents is 1. The molecular formula is C30H34FNO5. The number of methoxy groups -OCH3 is 2. The van der Waals surface area contributed by atoms with Gasteiger partial charge in [0.1, 0.15) is 11.6 Å². The van der Waals surface area contributed by atoms with Gasteiger partial charge in [-0.25, -0.2) is 9.37 Å². The van der Waals surface area contributed by atoms with Gasteiger partial charge in [0.15, 0.2) is 0 Å². The van der Waals surface area contributed by atoms with Crippen LogP contribution in [0.4, 0.5) is 4.39 Å². The number of aryl methyl sites for hydroxylation is 1. The van der Waals surface area contributed by atoms with Gasteiger partial charge in [-0.15, -0.1) is 0 Å². The molecule has 2 aromatic carbocycles. The van der Waals surface area contributed by atoms with Crippen LogP contribution in [0.5, 0.6) is 11.6 Å². The second-order valence-corrected chi connectivity index (χ2v) is 9.80. The highest BCUT2D eigenvalue weighted by atomic mass is 19.1. The van der Waals surface area contributed by atoms with E-state index in [-0.39, 0.29) is 23.6 Å². The molecule has 0 aliphatic heterocycles. The van der Waals surface area contributed by atoms with Gasteiger partial charge in [-0.2, -0.15) is 0 Å². The zero-order chi connectivity index (χ0) is 26.5. The van der Waals surface area contributed by atoms with Crippen molar-refractivity contribution in [2.75, 3.05) is 14.2 Å². The lowest BCUT2D eigenvalue weighted by Gasteiger charge is -2.23. The van der Waals surface area contributed by atoms with Crippen LogP contribution >= 0.6 is 0 Å². The number of esters is 1. The molecule has 0 amide bonds. The predicted molar refractivity (Wildman–Crippen MR) is 139 cm³/mol. The Bertz CT molecular complexity index is 1230. The van der Waals surface area contributed by atoms with Crippen LogP contribution in [0.3, 0.4) is 0 Å². The topological polar surface area (TPSA) is 88.9 Å². The average molecular weight is 508 g/mol. The number of pyridine rings is 1. The maximum atomic E-state index is 14.2. The highest BCUT2D eigenvalue weighted by Crippen LogP contribution is 2.47. The number of carbonyl (C=O) groups excluding carboxylic acids is 1. The molecule has 3 atom stereocenters. The quantitative estimate of drug-likeness (QED) is 0.311. The number of phenols is 1. The fourth-order valence-corrected chi connectivity index (χ4v) is 5.05. The van der Waals surface area contributed by atoms with Gasteiger partial charge in [-0.3, -0.25) is 4.79 Å². The van der Waals surface area contributed by atoms with Gasteiger partial charge >= 0.3 is 5.97 Å². The number of aliphatic hydroxyl groups is 1. The lowest BCUT2D eigenvalue weighted by Crippen LogP contribution is -2.22. The molecule has 196 valence electrons. The van der Waals surface area contributed by atoms with Gasteiger partial charge in [-0.1, -0.05) is 43.3 Å². The molecule has 6 nitrogen and oxygen atoms in total. The van der Waals surface area contributed by atoms with E-state index < -0.39 is 11.9 Å². The number of aromatic nitrogens is 1. The predicted octanol–water partition coefficient (Wildman–Crippen LogP) is 5.96. The molecule has 1 heterocycles. The van der Waals surface area contributed by atoms with Crippen molar-refractivity contribution in [3.05, 3.63) is 77.2 Å².